The van der Waals surface area contributed by atoms with Crippen molar-refractivity contribution < 1.29 is 14.2 Å². The Morgan fingerprint density at radius 1 is 1.29 bits per heavy atom. The van der Waals surface area contributed by atoms with Gasteiger partial charge in [-0.05, 0) is 49.3 Å². The molecule has 1 aliphatic heterocycles. The average Bonchev–Trinajstić information content (AvgIpc) is 2.54. The first-order chi connectivity index (χ1) is 10.2. The maximum absolute atomic E-state index is 6.01. The molecule has 1 atom stereocenters. The van der Waals surface area contributed by atoms with Crippen LogP contribution in [-0.4, -0.2) is 33.0 Å². The van der Waals surface area contributed by atoms with Crippen molar-refractivity contribution in [2.24, 2.45) is 11.7 Å². The molecular formula is C17H27NO3. The van der Waals surface area contributed by atoms with Gasteiger partial charge in [0.1, 0.15) is 0 Å². The molecule has 1 saturated heterocycles. The zero-order valence-corrected chi connectivity index (χ0v) is 13.1. The molecule has 1 heterocycles. The molecule has 1 fully saturated rings. The van der Waals surface area contributed by atoms with Crippen LogP contribution in [0.15, 0.2) is 18.2 Å². The predicted octanol–water partition coefficient (Wildman–Crippen LogP) is 2.78. The fourth-order valence-electron chi connectivity index (χ4n) is 2.53. The summed E-state index contributed by atoms with van der Waals surface area (Å²) in [6, 6.07) is 6.31. The molecule has 0 aromatic heterocycles. The van der Waals surface area contributed by atoms with E-state index in [0.717, 1.165) is 57.0 Å². The molecule has 118 valence electrons. The van der Waals surface area contributed by atoms with E-state index >= 15 is 0 Å². The Hall–Kier alpha value is -1.26. The van der Waals surface area contributed by atoms with Crippen LogP contribution in [0.4, 0.5) is 0 Å². The number of methoxy groups -OCH3 is 1. The second-order valence-electron chi connectivity index (χ2n) is 5.72. The minimum atomic E-state index is 0.198. The lowest BCUT2D eigenvalue weighted by molar-refractivity contribution is 0.0493. The summed E-state index contributed by atoms with van der Waals surface area (Å²) in [6.07, 6.45) is 3.99. The van der Waals surface area contributed by atoms with Gasteiger partial charge in [0.2, 0.25) is 0 Å². The monoisotopic (exact) mass is 293 g/mol. The van der Waals surface area contributed by atoms with Crippen molar-refractivity contribution in [1.82, 2.24) is 0 Å². The first kappa shape index (κ1) is 16.1. The van der Waals surface area contributed by atoms with E-state index in [2.05, 4.69) is 13.0 Å². The highest BCUT2D eigenvalue weighted by Crippen LogP contribution is 2.29. The number of ether oxygens (including phenoxy) is 3. The predicted molar refractivity (Wildman–Crippen MR) is 84.0 cm³/mol. The second-order valence-corrected chi connectivity index (χ2v) is 5.72. The van der Waals surface area contributed by atoms with E-state index < -0.39 is 0 Å². The van der Waals surface area contributed by atoms with E-state index in [4.69, 9.17) is 19.9 Å². The zero-order valence-electron chi connectivity index (χ0n) is 13.1. The van der Waals surface area contributed by atoms with Crippen molar-refractivity contribution in [3.8, 4) is 11.5 Å². The van der Waals surface area contributed by atoms with E-state index in [1.54, 1.807) is 7.11 Å². The molecule has 0 aliphatic carbocycles. The van der Waals surface area contributed by atoms with E-state index in [9.17, 15) is 0 Å². The quantitative estimate of drug-likeness (QED) is 0.840. The highest BCUT2D eigenvalue weighted by Gasteiger charge is 2.16. The Balaban J connectivity index is 1.95. The number of rotatable bonds is 7. The molecule has 0 radical (unpaired) electrons. The van der Waals surface area contributed by atoms with Crippen LogP contribution >= 0.6 is 0 Å². The van der Waals surface area contributed by atoms with E-state index in [1.807, 2.05) is 12.1 Å². The van der Waals surface area contributed by atoms with E-state index in [0.29, 0.717) is 5.92 Å². The SMILES string of the molecule is CCC(N)Cc1ccc(OCC2CCOCC2)c(OC)c1. The fraction of sp³-hybridized carbons (Fsp3) is 0.647. The van der Waals surface area contributed by atoms with Crippen LogP contribution in [0.2, 0.25) is 0 Å². The van der Waals surface area contributed by atoms with Gasteiger partial charge in [-0.1, -0.05) is 13.0 Å². The number of benzene rings is 1. The Morgan fingerprint density at radius 2 is 2.05 bits per heavy atom. The molecule has 1 aromatic rings. The van der Waals surface area contributed by atoms with Crippen LogP contribution in [0.5, 0.6) is 11.5 Å². The summed E-state index contributed by atoms with van der Waals surface area (Å²) in [5.41, 5.74) is 7.20. The Labute approximate surface area is 127 Å². The molecule has 0 saturated carbocycles. The number of hydrogen-bond acceptors (Lipinski definition) is 4. The van der Waals surface area contributed by atoms with Gasteiger partial charge < -0.3 is 19.9 Å². The Morgan fingerprint density at radius 3 is 2.71 bits per heavy atom. The van der Waals surface area contributed by atoms with Gasteiger partial charge in [-0.25, -0.2) is 0 Å². The Bertz CT molecular complexity index is 430. The first-order valence-electron chi connectivity index (χ1n) is 7.86. The Kier molecular flexibility index (Phi) is 6.33. The molecule has 2 N–H and O–H groups in total. The van der Waals surface area contributed by atoms with Crippen molar-refractivity contribution in [3.05, 3.63) is 23.8 Å². The third kappa shape index (κ3) is 4.90. The van der Waals surface area contributed by atoms with Gasteiger partial charge in [-0.3, -0.25) is 0 Å². The summed E-state index contributed by atoms with van der Waals surface area (Å²) in [7, 11) is 1.68. The number of hydrogen-bond donors (Lipinski definition) is 1. The van der Waals surface area contributed by atoms with Crippen LogP contribution < -0.4 is 15.2 Å². The van der Waals surface area contributed by atoms with E-state index in [-0.39, 0.29) is 6.04 Å². The van der Waals surface area contributed by atoms with Gasteiger partial charge >= 0.3 is 0 Å². The molecule has 0 bridgehead atoms. The summed E-state index contributed by atoms with van der Waals surface area (Å²) in [5.74, 6) is 2.19. The van der Waals surface area contributed by atoms with Crippen molar-refractivity contribution >= 4 is 0 Å². The lowest BCUT2D eigenvalue weighted by atomic mass is 10.0. The highest BCUT2D eigenvalue weighted by molar-refractivity contribution is 5.43. The summed E-state index contributed by atoms with van der Waals surface area (Å²) < 4.78 is 16.8. The fourth-order valence-corrected chi connectivity index (χ4v) is 2.53. The van der Waals surface area contributed by atoms with Crippen LogP contribution in [0, 0.1) is 5.92 Å². The van der Waals surface area contributed by atoms with Crippen LogP contribution in [-0.2, 0) is 11.2 Å². The van der Waals surface area contributed by atoms with Gasteiger partial charge in [0.05, 0.1) is 13.7 Å². The third-order valence-corrected chi connectivity index (χ3v) is 4.07. The van der Waals surface area contributed by atoms with Crippen molar-refractivity contribution in [1.29, 1.82) is 0 Å². The lowest BCUT2D eigenvalue weighted by Crippen LogP contribution is -2.22. The minimum Gasteiger partial charge on any atom is -0.493 e. The molecule has 0 spiro atoms. The molecule has 4 nitrogen and oxygen atoms in total. The summed E-state index contributed by atoms with van der Waals surface area (Å²) >= 11 is 0. The summed E-state index contributed by atoms with van der Waals surface area (Å²) in [6.45, 7) is 4.53. The second kappa shape index (κ2) is 8.25. The van der Waals surface area contributed by atoms with Gasteiger partial charge in [0, 0.05) is 19.3 Å². The average molecular weight is 293 g/mol. The topological polar surface area (TPSA) is 53.7 Å². The highest BCUT2D eigenvalue weighted by atomic mass is 16.5. The van der Waals surface area contributed by atoms with Gasteiger partial charge in [0.15, 0.2) is 11.5 Å². The lowest BCUT2D eigenvalue weighted by Gasteiger charge is -2.22. The van der Waals surface area contributed by atoms with Gasteiger partial charge in [0.25, 0.3) is 0 Å². The molecule has 1 aromatic carbocycles. The maximum Gasteiger partial charge on any atom is 0.161 e. The molecule has 1 aliphatic rings. The first-order valence-corrected chi connectivity index (χ1v) is 7.86. The standard InChI is InChI=1S/C17H27NO3/c1-3-15(18)10-14-4-5-16(17(11-14)19-2)21-12-13-6-8-20-9-7-13/h4-5,11,13,15H,3,6-10,12,18H2,1-2H3. The molecule has 0 amide bonds. The molecule has 1 unspecified atom stereocenters. The van der Waals surface area contributed by atoms with Crippen LogP contribution in [0.25, 0.3) is 0 Å². The summed E-state index contributed by atoms with van der Waals surface area (Å²) in [5, 5.41) is 0. The number of nitrogens with two attached hydrogens (primary N) is 1. The van der Waals surface area contributed by atoms with Crippen molar-refractivity contribution in [3.63, 3.8) is 0 Å². The smallest absolute Gasteiger partial charge is 0.161 e. The molecule has 21 heavy (non-hydrogen) atoms. The minimum absolute atomic E-state index is 0.198. The van der Waals surface area contributed by atoms with Crippen molar-refractivity contribution in [2.75, 3.05) is 26.9 Å². The summed E-state index contributed by atoms with van der Waals surface area (Å²) in [4.78, 5) is 0. The maximum atomic E-state index is 6.01. The van der Waals surface area contributed by atoms with Crippen LogP contribution in [0.1, 0.15) is 31.7 Å². The molecule has 2 rings (SSSR count). The van der Waals surface area contributed by atoms with Crippen molar-refractivity contribution in [2.45, 2.75) is 38.6 Å². The van der Waals surface area contributed by atoms with Crippen LogP contribution in [0.3, 0.4) is 0 Å². The zero-order chi connectivity index (χ0) is 15.1. The molecular weight excluding hydrogens is 266 g/mol. The van der Waals surface area contributed by atoms with Gasteiger partial charge in [-0.2, -0.15) is 0 Å². The van der Waals surface area contributed by atoms with E-state index in [1.165, 1.54) is 5.56 Å². The largest absolute Gasteiger partial charge is 0.493 e. The normalized spacial score (nSPS) is 17.5. The van der Waals surface area contributed by atoms with Gasteiger partial charge in [-0.15, -0.1) is 0 Å². The third-order valence-electron chi connectivity index (χ3n) is 4.07. The molecule has 4 heteroatoms.